The number of nitrogens with two attached hydrogens (primary N) is 1. The van der Waals surface area contributed by atoms with Gasteiger partial charge in [0, 0.05) is 12.1 Å². The number of halogens is 1. The molecule has 1 atom stereocenters. The molecule has 5 heteroatoms. The van der Waals surface area contributed by atoms with Crippen LogP contribution in [0.1, 0.15) is 44.2 Å². The second kappa shape index (κ2) is 6.71. The summed E-state index contributed by atoms with van der Waals surface area (Å²) < 4.78 is 0.493. The van der Waals surface area contributed by atoms with Crippen molar-refractivity contribution in [1.29, 1.82) is 0 Å². The predicted molar refractivity (Wildman–Crippen MR) is 71.9 cm³/mol. The normalized spacial score (nSPS) is 12.4. The molecule has 0 unspecified atom stereocenters. The van der Waals surface area contributed by atoms with Crippen LogP contribution in [0.15, 0.2) is 22.7 Å². The van der Waals surface area contributed by atoms with Crippen molar-refractivity contribution in [2.45, 2.75) is 38.6 Å². The van der Waals surface area contributed by atoms with Gasteiger partial charge in [0.1, 0.15) is 0 Å². The highest BCUT2D eigenvalue weighted by Crippen LogP contribution is 2.28. The molecule has 0 aliphatic rings. The first-order valence-electron chi connectivity index (χ1n) is 5.75. The molecule has 0 fully saturated rings. The van der Waals surface area contributed by atoms with Crippen molar-refractivity contribution in [3.8, 4) is 0 Å². The van der Waals surface area contributed by atoms with Crippen molar-refractivity contribution in [3.63, 3.8) is 0 Å². The molecule has 0 saturated carbocycles. The van der Waals surface area contributed by atoms with Gasteiger partial charge in [-0.05, 0) is 34.0 Å². The average Bonchev–Trinajstić information content (AvgIpc) is 2.29. The Balaban J connectivity index is 2.77. The third-order valence-electron chi connectivity index (χ3n) is 2.71. The van der Waals surface area contributed by atoms with Crippen LogP contribution in [-0.4, -0.2) is 4.92 Å². The molecule has 0 bridgehead atoms. The first-order valence-corrected chi connectivity index (χ1v) is 6.55. The largest absolute Gasteiger partial charge is 0.324 e. The second-order valence-electron chi connectivity index (χ2n) is 4.07. The number of nitrogens with zero attached hydrogens (tertiary/aromatic N) is 1. The first-order chi connectivity index (χ1) is 8.06. The molecular weight excluding hydrogens is 284 g/mol. The Kier molecular flexibility index (Phi) is 5.58. The quantitative estimate of drug-likeness (QED) is 0.491. The smallest absolute Gasteiger partial charge is 0.283 e. The number of nitro benzene ring substituents is 1. The minimum Gasteiger partial charge on any atom is -0.324 e. The van der Waals surface area contributed by atoms with Crippen LogP contribution in [0.4, 0.5) is 5.69 Å². The zero-order valence-electron chi connectivity index (χ0n) is 9.86. The lowest BCUT2D eigenvalue weighted by Gasteiger charge is -2.11. The molecule has 1 aromatic carbocycles. The zero-order chi connectivity index (χ0) is 12.8. The van der Waals surface area contributed by atoms with Gasteiger partial charge in [-0.3, -0.25) is 10.1 Å². The van der Waals surface area contributed by atoms with Gasteiger partial charge in [-0.2, -0.15) is 0 Å². The Morgan fingerprint density at radius 3 is 2.76 bits per heavy atom. The van der Waals surface area contributed by atoms with Crippen LogP contribution in [0.5, 0.6) is 0 Å². The number of hydrogen-bond donors (Lipinski definition) is 1. The van der Waals surface area contributed by atoms with E-state index in [1.807, 2.05) is 6.07 Å². The van der Waals surface area contributed by atoms with Gasteiger partial charge in [-0.15, -0.1) is 0 Å². The molecule has 2 N–H and O–H groups in total. The van der Waals surface area contributed by atoms with Crippen LogP contribution in [0.2, 0.25) is 0 Å². The molecule has 0 amide bonds. The standard InChI is InChI=1S/C12H17BrN2O2/c1-2-3-4-5-11(14)9-6-7-10(13)12(8-9)15(16)17/h6-8,11H,2-5,14H2,1H3/t11-/m0/s1. The van der Waals surface area contributed by atoms with Gasteiger partial charge in [0.05, 0.1) is 9.40 Å². The van der Waals surface area contributed by atoms with E-state index in [1.165, 1.54) is 0 Å². The molecule has 0 heterocycles. The van der Waals surface area contributed by atoms with Crippen LogP contribution in [0.3, 0.4) is 0 Å². The molecule has 0 aromatic heterocycles. The zero-order valence-corrected chi connectivity index (χ0v) is 11.4. The minimum atomic E-state index is -0.396. The van der Waals surface area contributed by atoms with Crippen LogP contribution in [0.25, 0.3) is 0 Å². The Morgan fingerprint density at radius 1 is 1.47 bits per heavy atom. The molecule has 0 aliphatic carbocycles. The molecule has 1 aromatic rings. The lowest BCUT2D eigenvalue weighted by molar-refractivity contribution is -0.385. The van der Waals surface area contributed by atoms with Gasteiger partial charge in [0.15, 0.2) is 0 Å². The van der Waals surface area contributed by atoms with E-state index >= 15 is 0 Å². The molecule has 1 rings (SSSR count). The lowest BCUT2D eigenvalue weighted by atomic mass is 10.0. The fourth-order valence-electron chi connectivity index (χ4n) is 1.68. The lowest BCUT2D eigenvalue weighted by Crippen LogP contribution is -2.10. The monoisotopic (exact) mass is 300 g/mol. The number of benzene rings is 1. The Morgan fingerprint density at radius 2 is 2.18 bits per heavy atom. The highest BCUT2D eigenvalue weighted by molar-refractivity contribution is 9.10. The van der Waals surface area contributed by atoms with Gasteiger partial charge in [-0.25, -0.2) is 0 Å². The number of hydrogen-bond acceptors (Lipinski definition) is 3. The first kappa shape index (κ1) is 14.1. The van der Waals surface area contributed by atoms with Crippen LogP contribution in [0, 0.1) is 10.1 Å². The Bertz CT molecular complexity index is 396. The predicted octanol–water partition coefficient (Wildman–Crippen LogP) is 3.94. The number of rotatable bonds is 6. The van der Waals surface area contributed by atoms with Crippen LogP contribution >= 0.6 is 15.9 Å². The van der Waals surface area contributed by atoms with Crippen molar-refractivity contribution in [2.75, 3.05) is 0 Å². The van der Waals surface area contributed by atoms with Crippen molar-refractivity contribution in [3.05, 3.63) is 38.3 Å². The molecule has 4 nitrogen and oxygen atoms in total. The molecule has 0 saturated heterocycles. The summed E-state index contributed by atoms with van der Waals surface area (Å²) in [6.07, 6.45) is 4.22. The molecule has 17 heavy (non-hydrogen) atoms. The van der Waals surface area contributed by atoms with E-state index < -0.39 is 4.92 Å². The van der Waals surface area contributed by atoms with Gasteiger partial charge in [0.2, 0.25) is 0 Å². The second-order valence-corrected chi connectivity index (χ2v) is 4.92. The van der Waals surface area contributed by atoms with Crippen LogP contribution in [-0.2, 0) is 0 Å². The minimum absolute atomic E-state index is 0.0773. The number of unbranched alkanes of at least 4 members (excludes halogenated alkanes) is 2. The van der Waals surface area contributed by atoms with Crippen molar-refractivity contribution >= 4 is 21.6 Å². The Labute approximate surface area is 109 Å². The van der Waals surface area contributed by atoms with E-state index in [-0.39, 0.29) is 11.7 Å². The summed E-state index contributed by atoms with van der Waals surface area (Å²) in [5.41, 5.74) is 6.92. The van der Waals surface area contributed by atoms with Gasteiger partial charge in [-0.1, -0.05) is 32.3 Å². The van der Waals surface area contributed by atoms with E-state index in [9.17, 15) is 10.1 Å². The van der Waals surface area contributed by atoms with E-state index in [1.54, 1.807) is 12.1 Å². The Hall–Kier alpha value is -0.940. The number of nitro groups is 1. The molecule has 94 valence electrons. The maximum atomic E-state index is 10.8. The van der Waals surface area contributed by atoms with E-state index in [0.717, 1.165) is 31.2 Å². The maximum Gasteiger partial charge on any atom is 0.283 e. The average molecular weight is 301 g/mol. The molecule has 0 aliphatic heterocycles. The van der Waals surface area contributed by atoms with Gasteiger partial charge < -0.3 is 5.73 Å². The summed E-state index contributed by atoms with van der Waals surface area (Å²) in [5, 5.41) is 10.8. The highest BCUT2D eigenvalue weighted by Gasteiger charge is 2.15. The summed E-state index contributed by atoms with van der Waals surface area (Å²) in [7, 11) is 0. The van der Waals surface area contributed by atoms with E-state index in [0.29, 0.717) is 4.47 Å². The van der Waals surface area contributed by atoms with Gasteiger partial charge >= 0.3 is 0 Å². The van der Waals surface area contributed by atoms with E-state index in [2.05, 4.69) is 22.9 Å². The van der Waals surface area contributed by atoms with E-state index in [4.69, 9.17) is 5.73 Å². The van der Waals surface area contributed by atoms with Crippen molar-refractivity contribution < 1.29 is 4.92 Å². The summed E-state index contributed by atoms with van der Waals surface area (Å²) in [6.45, 7) is 2.13. The third kappa shape index (κ3) is 4.09. The van der Waals surface area contributed by atoms with Crippen LogP contribution < -0.4 is 5.73 Å². The molecular formula is C12H17BrN2O2. The summed E-state index contributed by atoms with van der Waals surface area (Å²) in [4.78, 5) is 10.4. The molecule has 0 spiro atoms. The SMILES string of the molecule is CCCCC[C@H](N)c1ccc(Br)c([N+](=O)[O-])c1. The molecule has 0 radical (unpaired) electrons. The fraction of sp³-hybridized carbons (Fsp3) is 0.500. The summed E-state index contributed by atoms with van der Waals surface area (Å²) in [5.74, 6) is 0. The summed E-state index contributed by atoms with van der Waals surface area (Å²) in [6, 6.07) is 4.97. The van der Waals surface area contributed by atoms with Crippen molar-refractivity contribution in [1.82, 2.24) is 0 Å². The highest BCUT2D eigenvalue weighted by atomic mass is 79.9. The van der Waals surface area contributed by atoms with Gasteiger partial charge in [0.25, 0.3) is 5.69 Å². The maximum absolute atomic E-state index is 10.8. The third-order valence-corrected chi connectivity index (χ3v) is 3.38. The topological polar surface area (TPSA) is 69.2 Å². The fourth-order valence-corrected chi connectivity index (χ4v) is 2.07. The van der Waals surface area contributed by atoms with Crippen molar-refractivity contribution in [2.24, 2.45) is 5.73 Å². The summed E-state index contributed by atoms with van der Waals surface area (Å²) >= 11 is 3.16.